The molecule has 0 aliphatic rings. The van der Waals surface area contributed by atoms with Gasteiger partial charge in [-0.15, -0.1) is 0 Å². The molecular weight excluding hydrogens is 2610 g/mol. The molecule has 0 aliphatic heterocycles. The highest BCUT2D eigenvalue weighted by Crippen LogP contribution is 2.32. The zero-order valence-electron chi connectivity index (χ0n) is 80.7. The second kappa shape index (κ2) is 54.2. The number of rotatable bonds is 21. The average Bonchev–Trinajstić information content (AvgIpc) is 1.69. The number of carbonyl (C=O) groups is 6. The summed E-state index contributed by atoms with van der Waals surface area (Å²) in [5, 5.41) is 13.7. The summed E-state index contributed by atoms with van der Waals surface area (Å²) in [6.45, 7) is 9.96. The van der Waals surface area contributed by atoms with Crippen molar-refractivity contribution < 1.29 is 205 Å². The Morgan fingerprint density at radius 2 is 0.533 bits per heavy atom. The Kier molecular flexibility index (Phi) is 43.3. The fraction of sp³-hybridized carbons (Fsp3) is 0.152. The van der Waals surface area contributed by atoms with Gasteiger partial charge in [0.25, 0.3) is 23.6 Å². The van der Waals surface area contributed by atoms with Crippen LogP contribution in [0.3, 0.4) is 0 Å². The minimum absolute atomic E-state index is 0. The Morgan fingerprint density at radius 1 is 0.320 bits per heavy atom. The SMILES string of the molecule is COc1ccc([I+]c2ccc(C(=O)Nc3nc4ccc(C)cc4s3)nc2)cc1.COc1ccc([I+]c2ccc(C(=O)Nc3nc4ccc(C)cc4s3)nc2)cc1.Cc1ccc(S(=O)(=O)[O-])cc1.Cc1ccc2nc(NC(=O)c3ccc([I+]c4ccc(N(C)C(=O)N(C)C)cc4)cn3)sc2c1.Cc1ccc2nc(NC(=O)c3ccc([I+]c4ccc(N(C)C(=O)N(C)C)cc4)cn3)sc2c1.O=S(=O)([O-])C(F)(F)F.O=S(=O)([O-])C(F)(F)F.[Br-]. The summed E-state index contributed by atoms with van der Waals surface area (Å²) in [7, 11) is -2.69. The van der Waals surface area contributed by atoms with Gasteiger partial charge < -0.3 is 49.9 Å². The van der Waals surface area contributed by atoms with Crippen molar-refractivity contribution >= 4 is 184 Å². The Morgan fingerprint density at radius 3 is 0.727 bits per heavy atom. The van der Waals surface area contributed by atoms with Gasteiger partial charge in [-0.2, -0.15) is 26.3 Å². The second-order valence-corrected chi connectivity index (χ2v) is 51.8. The van der Waals surface area contributed by atoms with Gasteiger partial charge in [-0.1, -0.05) is 87.3 Å². The number of nitrogens with zero attached hydrogens (tertiary/aromatic N) is 12. The number of ether oxygens (including phenoxy) is 2. The van der Waals surface area contributed by atoms with Crippen LogP contribution in [0.15, 0.2) is 272 Å². The third-order valence-corrected chi connectivity index (χ3v) is 35.6. The summed E-state index contributed by atoms with van der Waals surface area (Å²) in [4.78, 5) is 116. The molecule has 0 saturated heterocycles. The smallest absolute Gasteiger partial charge is 0.485 e. The quantitative estimate of drug-likeness (QED) is 0.0344. The lowest BCUT2D eigenvalue weighted by Crippen LogP contribution is -3.61. The van der Waals surface area contributed by atoms with E-state index in [-0.39, 0.29) is 100.0 Å². The molecule has 33 nitrogen and oxygen atoms in total. The Labute approximate surface area is 925 Å². The number of aryl methyl sites for hydroxylation is 5. The van der Waals surface area contributed by atoms with Crippen molar-refractivity contribution in [2.24, 2.45) is 0 Å². The van der Waals surface area contributed by atoms with Crippen LogP contribution in [0.5, 0.6) is 11.5 Å². The normalized spacial score (nSPS) is 11.1. The van der Waals surface area contributed by atoms with Gasteiger partial charge in [-0.25, -0.2) is 74.7 Å². The molecule has 8 heterocycles. The first kappa shape index (κ1) is 120. The number of amides is 8. The first-order valence-corrected chi connectivity index (χ1v) is 59.1. The number of carbonyl (C=O) groups excluding carboxylic acids is 6. The lowest BCUT2D eigenvalue weighted by molar-refractivity contribution is -0.598. The molecule has 8 amide bonds. The van der Waals surface area contributed by atoms with Gasteiger partial charge in [0.05, 0.1) is 84.8 Å². The van der Waals surface area contributed by atoms with E-state index in [1.54, 1.807) is 137 Å². The molecule has 0 fully saturated rings. The predicted octanol–water partition coefficient (Wildman–Crippen LogP) is 3.78. The molecule has 784 valence electrons. The van der Waals surface area contributed by atoms with Crippen LogP contribution < -0.4 is 142 Å². The molecule has 0 bridgehead atoms. The van der Waals surface area contributed by atoms with Gasteiger partial charge >= 0.3 is 108 Å². The van der Waals surface area contributed by atoms with Crippen molar-refractivity contribution in [3.05, 3.63) is 347 Å². The van der Waals surface area contributed by atoms with E-state index in [0.29, 0.717) is 43.3 Å². The van der Waals surface area contributed by atoms with Gasteiger partial charge in [-0.3, -0.25) is 50.2 Å². The van der Waals surface area contributed by atoms with E-state index in [0.717, 1.165) is 94.7 Å². The zero-order chi connectivity index (χ0) is 109. The third-order valence-electron chi connectivity index (χ3n) is 19.5. The summed E-state index contributed by atoms with van der Waals surface area (Å²) in [5.74, 6) is 0.669. The predicted molar refractivity (Wildman–Crippen MR) is 540 cm³/mol. The molecule has 150 heavy (non-hydrogen) atoms. The van der Waals surface area contributed by atoms with Gasteiger partial charge in [0.2, 0.25) is 14.3 Å². The Balaban J connectivity index is 0.000000188. The number of fused-ring (bicyclic) bond motifs is 4. The number of urea groups is 2. The number of halogens is 11. The largest absolute Gasteiger partial charge is 1.00 e. The fourth-order valence-electron chi connectivity index (χ4n) is 12.0. The first-order chi connectivity index (χ1) is 70.3. The first-order valence-electron chi connectivity index (χ1n) is 42.9. The lowest BCUT2D eigenvalue weighted by Gasteiger charge is -2.21. The highest BCUT2D eigenvalue weighted by atomic mass is 127. The van der Waals surface area contributed by atoms with E-state index < -0.39 is 83.8 Å². The monoisotopic (exact) mass is 2700 g/mol. The number of methoxy groups -OCH3 is 2. The number of hydrogen-bond acceptors (Lipinski definition) is 29. The molecule has 0 unspecified atom stereocenters. The van der Waals surface area contributed by atoms with Crippen LogP contribution in [0.25, 0.3) is 40.9 Å². The van der Waals surface area contributed by atoms with Gasteiger partial charge in [0, 0.05) is 53.7 Å². The molecule has 17 rings (SSSR count). The number of hydrogen-bond donors (Lipinski definition) is 4. The van der Waals surface area contributed by atoms with Gasteiger partial charge in [-0.05, 0) is 263 Å². The highest BCUT2D eigenvalue weighted by Gasteiger charge is 2.38. The van der Waals surface area contributed by atoms with Crippen LogP contribution in [0.2, 0.25) is 0 Å². The second-order valence-electron chi connectivity index (χ2n) is 31.4. The minimum atomic E-state index is -6.09. The number of aromatic nitrogens is 8. The van der Waals surface area contributed by atoms with Crippen molar-refractivity contribution in [2.75, 3.05) is 87.6 Å². The Bertz CT molecular complexity index is 7540. The molecule has 9 aromatic carbocycles. The summed E-state index contributed by atoms with van der Waals surface area (Å²) in [5.41, 5.74) is 1.00. The average molecular weight is 2700 g/mol. The van der Waals surface area contributed by atoms with E-state index >= 15 is 0 Å². The molecule has 0 radical (unpaired) electrons. The molecule has 0 atom stereocenters. The standard InChI is InChI=1S/2C24H22IN5O2S.2C21H16IN3O2S.C7H8O3S.2CHF3O3S.BrH/c2*1-15-5-11-19-21(13-15)33-23(27-19)28-22(31)20-12-8-17(14-26-20)25-16-6-9-18(10-7-16)30(4)24(32)29(2)3;2*1-13-3-9-17-19(11-13)28-21(24-17)25-20(26)18-10-6-15(12-23-18)22-14-4-7-16(27-2)8-5-14;1-6-2-4-7(5-3-6)11(8,9)10;2*2-1(3,4)8(5,6)7;/h2*5-14H,1-4H3;2*3-12H,1-2H3;2-5H,1H3,(H,8,9,10);2*(H,5,6,7);1H. The number of benzene rings is 9. The third kappa shape index (κ3) is 36.0. The molecule has 17 aromatic rings. The molecular formula is C99H87BrF6I4N16O17S7. The maximum absolute atomic E-state index is 12.6. The highest BCUT2D eigenvalue weighted by molar-refractivity contribution is 7.87. The number of anilines is 6. The van der Waals surface area contributed by atoms with E-state index in [2.05, 4.69) is 110 Å². The number of alkyl halides is 6. The van der Waals surface area contributed by atoms with E-state index in [4.69, 9.17) is 35.4 Å². The van der Waals surface area contributed by atoms with Crippen molar-refractivity contribution in [1.82, 2.24) is 49.7 Å². The topological polar surface area (TPSA) is 457 Å². The van der Waals surface area contributed by atoms with Crippen LogP contribution in [0.4, 0.5) is 67.8 Å². The summed E-state index contributed by atoms with van der Waals surface area (Å²) in [6, 6.07) is 76.7. The molecule has 8 aromatic heterocycles. The summed E-state index contributed by atoms with van der Waals surface area (Å²) < 4.78 is 173. The minimum Gasteiger partial charge on any atom is -1.00 e. The molecule has 0 spiro atoms. The maximum atomic E-state index is 12.6. The van der Waals surface area contributed by atoms with E-state index in [1.807, 2.05) is 180 Å². The molecule has 0 saturated carbocycles. The molecule has 51 heteroatoms. The van der Waals surface area contributed by atoms with Crippen molar-refractivity contribution in [2.45, 2.75) is 50.5 Å². The van der Waals surface area contributed by atoms with Gasteiger partial charge in [0.15, 0.2) is 55.0 Å². The molecule has 4 N–H and O–H groups in total. The zero-order valence-corrected chi connectivity index (χ0v) is 96.7. The number of thiazole rings is 4. The maximum Gasteiger partial charge on any atom is 0.485 e. The van der Waals surface area contributed by atoms with E-state index in [9.17, 15) is 68.1 Å². The van der Waals surface area contributed by atoms with Crippen LogP contribution >= 0.6 is 45.3 Å². The lowest BCUT2D eigenvalue weighted by atomic mass is 10.2. The molecule has 0 aliphatic carbocycles. The number of nitrogens with one attached hydrogen (secondary N) is 4. The van der Waals surface area contributed by atoms with Crippen LogP contribution in [-0.2, 0) is 30.4 Å². The van der Waals surface area contributed by atoms with Crippen LogP contribution in [0, 0.1) is 63.2 Å². The number of pyridine rings is 4. The van der Waals surface area contributed by atoms with Crippen LogP contribution in [-0.4, -0.2) is 192 Å². The van der Waals surface area contributed by atoms with Crippen LogP contribution in [0.1, 0.15) is 69.8 Å². The van der Waals surface area contributed by atoms with Crippen molar-refractivity contribution in [1.29, 1.82) is 0 Å². The summed E-state index contributed by atoms with van der Waals surface area (Å²) >= 11 is 4.24. The van der Waals surface area contributed by atoms with Crippen molar-refractivity contribution in [3.63, 3.8) is 0 Å². The van der Waals surface area contributed by atoms with E-state index in [1.165, 1.54) is 82.9 Å². The Hall–Kier alpha value is -12.1. The summed E-state index contributed by atoms with van der Waals surface area (Å²) in [6.07, 6.45) is 7.10. The van der Waals surface area contributed by atoms with Crippen molar-refractivity contribution in [3.8, 4) is 11.5 Å². The fourth-order valence-corrected chi connectivity index (χ4v) is 24.6. The van der Waals surface area contributed by atoms with Gasteiger partial charge in [0.1, 0.15) is 44.4 Å².